The molecule has 0 aliphatic heterocycles. The molecule has 1 atom stereocenters. The molecule has 1 heterocycles. The van der Waals surface area contributed by atoms with Crippen LogP contribution in [0.15, 0.2) is 22.7 Å². The van der Waals surface area contributed by atoms with Crippen LogP contribution in [0.4, 0.5) is 4.39 Å². The summed E-state index contributed by atoms with van der Waals surface area (Å²) in [6.45, 7) is 1.84. The van der Waals surface area contributed by atoms with Crippen molar-refractivity contribution in [3.8, 4) is 0 Å². The predicted molar refractivity (Wildman–Crippen MR) is 75.7 cm³/mol. The zero-order valence-corrected chi connectivity index (χ0v) is 12.8. The fourth-order valence-electron chi connectivity index (χ4n) is 1.94. The standard InChI is InChI=1S/C13H13BrClFN2O/c1-7-9(13(15)18(2)17-7)6-12(19)8-3-4-11(16)10(14)5-8/h3-5,12,19H,6H2,1-2H3. The van der Waals surface area contributed by atoms with Gasteiger partial charge in [0.15, 0.2) is 0 Å². The highest BCUT2D eigenvalue weighted by Crippen LogP contribution is 2.27. The second kappa shape index (κ2) is 5.61. The van der Waals surface area contributed by atoms with Crippen molar-refractivity contribution in [2.24, 2.45) is 7.05 Å². The highest BCUT2D eigenvalue weighted by atomic mass is 79.9. The van der Waals surface area contributed by atoms with Crippen molar-refractivity contribution in [2.45, 2.75) is 19.4 Å². The first-order valence-electron chi connectivity index (χ1n) is 5.71. The predicted octanol–water partition coefficient (Wildman–Crippen LogP) is 3.56. The third-order valence-electron chi connectivity index (χ3n) is 3.00. The summed E-state index contributed by atoms with van der Waals surface area (Å²) in [5, 5.41) is 14.9. The number of aromatic nitrogens is 2. The van der Waals surface area contributed by atoms with Gasteiger partial charge in [0.1, 0.15) is 11.0 Å². The van der Waals surface area contributed by atoms with Gasteiger partial charge in [0.2, 0.25) is 0 Å². The molecule has 1 aromatic carbocycles. The van der Waals surface area contributed by atoms with E-state index >= 15 is 0 Å². The number of rotatable bonds is 3. The number of benzene rings is 1. The molecule has 0 bridgehead atoms. The first-order valence-corrected chi connectivity index (χ1v) is 6.88. The minimum Gasteiger partial charge on any atom is -0.388 e. The number of nitrogens with zero attached hydrogens (tertiary/aromatic N) is 2. The summed E-state index contributed by atoms with van der Waals surface area (Å²) in [5.41, 5.74) is 2.22. The molecule has 1 unspecified atom stereocenters. The molecule has 1 N–H and O–H groups in total. The van der Waals surface area contributed by atoms with Crippen LogP contribution in [-0.2, 0) is 13.5 Å². The van der Waals surface area contributed by atoms with Gasteiger partial charge in [-0.2, -0.15) is 5.10 Å². The maximum atomic E-state index is 13.2. The first kappa shape index (κ1) is 14.5. The first-order chi connectivity index (χ1) is 8.90. The molecule has 2 rings (SSSR count). The van der Waals surface area contributed by atoms with E-state index in [1.165, 1.54) is 6.07 Å². The molecular formula is C13H13BrClFN2O. The summed E-state index contributed by atoms with van der Waals surface area (Å²) < 4.78 is 15.1. The van der Waals surface area contributed by atoms with Crippen molar-refractivity contribution in [1.29, 1.82) is 0 Å². The summed E-state index contributed by atoms with van der Waals surface area (Å²) >= 11 is 9.23. The molecular weight excluding hydrogens is 335 g/mol. The van der Waals surface area contributed by atoms with Gasteiger partial charge in [0.05, 0.1) is 16.3 Å². The number of aryl methyl sites for hydroxylation is 2. The molecule has 0 saturated carbocycles. The van der Waals surface area contributed by atoms with Crippen molar-refractivity contribution < 1.29 is 9.50 Å². The molecule has 0 fully saturated rings. The van der Waals surface area contributed by atoms with E-state index < -0.39 is 6.10 Å². The van der Waals surface area contributed by atoms with Gasteiger partial charge in [-0.05, 0) is 40.5 Å². The zero-order valence-electron chi connectivity index (χ0n) is 10.5. The third kappa shape index (κ3) is 2.99. The molecule has 0 aliphatic carbocycles. The van der Waals surface area contributed by atoms with Crippen LogP contribution in [0.5, 0.6) is 0 Å². The Labute approximate surface area is 124 Å². The van der Waals surface area contributed by atoms with Crippen LogP contribution in [0.3, 0.4) is 0 Å². The van der Waals surface area contributed by atoms with Crippen LogP contribution in [-0.4, -0.2) is 14.9 Å². The Morgan fingerprint density at radius 1 is 1.53 bits per heavy atom. The van der Waals surface area contributed by atoms with Gasteiger partial charge in [0, 0.05) is 19.0 Å². The second-order valence-corrected chi connectivity index (χ2v) is 5.58. The van der Waals surface area contributed by atoms with Crippen LogP contribution in [0, 0.1) is 12.7 Å². The molecule has 0 amide bonds. The molecule has 0 spiro atoms. The Bertz CT molecular complexity index is 615. The Morgan fingerprint density at radius 2 is 2.21 bits per heavy atom. The van der Waals surface area contributed by atoms with Gasteiger partial charge in [-0.25, -0.2) is 4.39 Å². The summed E-state index contributed by atoms with van der Waals surface area (Å²) in [4.78, 5) is 0. The molecule has 1 aromatic heterocycles. The normalized spacial score (nSPS) is 12.7. The lowest BCUT2D eigenvalue weighted by molar-refractivity contribution is 0.178. The summed E-state index contributed by atoms with van der Waals surface area (Å²) in [6, 6.07) is 4.45. The summed E-state index contributed by atoms with van der Waals surface area (Å²) in [6.07, 6.45) is -0.409. The fourth-order valence-corrected chi connectivity index (χ4v) is 2.58. The largest absolute Gasteiger partial charge is 0.388 e. The molecule has 0 saturated heterocycles. The number of aliphatic hydroxyl groups excluding tert-OH is 1. The monoisotopic (exact) mass is 346 g/mol. The Hall–Kier alpha value is -0.910. The van der Waals surface area contributed by atoms with E-state index in [2.05, 4.69) is 21.0 Å². The van der Waals surface area contributed by atoms with E-state index in [4.69, 9.17) is 11.6 Å². The van der Waals surface area contributed by atoms with Gasteiger partial charge in [0.25, 0.3) is 0 Å². The molecule has 0 aliphatic rings. The maximum absolute atomic E-state index is 13.2. The van der Waals surface area contributed by atoms with Gasteiger partial charge < -0.3 is 5.11 Å². The van der Waals surface area contributed by atoms with Gasteiger partial charge in [-0.3, -0.25) is 4.68 Å². The van der Waals surface area contributed by atoms with Crippen LogP contribution < -0.4 is 0 Å². The fraction of sp³-hybridized carbons (Fsp3) is 0.308. The van der Waals surface area contributed by atoms with Crippen LogP contribution in [0.2, 0.25) is 5.15 Å². The van der Waals surface area contributed by atoms with E-state index in [0.717, 1.165) is 11.3 Å². The van der Waals surface area contributed by atoms with Crippen molar-refractivity contribution in [3.05, 3.63) is 50.5 Å². The molecule has 2 aromatic rings. The molecule has 102 valence electrons. The molecule has 19 heavy (non-hydrogen) atoms. The maximum Gasteiger partial charge on any atom is 0.137 e. The minimum absolute atomic E-state index is 0.332. The average Bonchev–Trinajstić information content (AvgIpc) is 2.59. The molecule has 6 heteroatoms. The zero-order chi connectivity index (χ0) is 14.2. The van der Waals surface area contributed by atoms with E-state index in [0.29, 0.717) is 21.6 Å². The lowest BCUT2D eigenvalue weighted by Gasteiger charge is -2.11. The van der Waals surface area contributed by atoms with Gasteiger partial charge in [-0.1, -0.05) is 17.7 Å². The van der Waals surface area contributed by atoms with Crippen molar-refractivity contribution in [1.82, 2.24) is 9.78 Å². The van der Waals surface area contributed by atoms with Crippen molar-refractivity contribution in [2.75, 3.05) is 0 Å². The number of aliphatic hydroxyl groups is 1. The van der Waals surface area contributed by atoms with Gasteiger partial charge >= 0.3 is 0 Å². The number of halogens is 3. The highest BCUT2D eigenvalue weighted by molar-refractivity contribution is 9.10. The Kier molecular flexibility index (Phi) is 4.28. The lowest BCUT2D eigenvalue weighted by atomic mass is 10.0. The van der Waals surface area contributed by atoms with Crippen LogP contribution in [0.1, 0.15) is 22.9 Å². The third-order valence-corrected chi connectivity index (χ3v) is 4.08. The van der Waals surface area contributed by atoms with Crippen molar-refractivity contribution in [3.63, 3.8) is 0 Å². The van der Waals surface area contributed by atoms with E-state index in [-0.39, 0.29) is 5.82 Å². The van der Waals surface area contributed by atoms with E-state index in [9.17, 15) is 9.50 Å². The average molecular weight is 348 g/mol. The molecule has 3 nitrogen and oxygen atoms in total. The lowest BCUT2D eigenvalue weighted by Crippen LogP contribution is -2.03. The van der Waals surface area contributed by atoms with Crippen molar-refractivity contribution >= 4 is 27.5 Å². The quantitative estimate of drug-likeness (QED) is 0.922. The van der Waals surface area contributed by atoms with Crippen LogP contribution in [0.25, 0.3) is 0 Å². The SMILES string of the molecule is Cc1nn(C)c(Cl)c1CC(O)c1ccc(F)c(Br)c1. The molecule has 0 radical (unpaired) electrons. The topological polar surface area (TPSA) is 38.0 Å². The minimum atomic E-state index is -0.753. The van der Waals surface area contributed by atoms with E-state index in [1.54, 1.807) is 23.9 Å². The smallest absolute Gasteiger partial charge is 0.137 e. The second-order valence-electron chi connectivity index (χ2n) is 4.37. The summed E-state index contributed by atoms with van der Waals surface area (Å²) in [5.74, 6) is -0.355. The number of hydrogen-bond donors (Lipinski definition) is 1. The Morgan fingerprint density at radius 3 is 2.74 bits per heavy atom. The van der Waals surface area contributed by atoms with Gasteiger partial charge in [-0.15, -0.1) is 0 Å². The number of hydrogen-bond acceptors (Lipinski definition) is 2. The highest BCUT2D eigenvalue weighted by Gasteiger charge is 2.17. The van der Waals surface area contributed by atoms with E-state index in [1.807, 2.05) is 6.92 Å². The summed E-state index contributed by atoms with van der Waals surface area (Å²) in [7, 11) is 1.75. The van der Waals surface area contributed by atoms with Crippen LogP contribution >= 0.6 is 27.5 Å². The Balaban J connectivity index is 2.25.